The third-order valence-corrected chi connectivity index (χ3v) is 4.48. The van der Waals surface area contributed by atoms with Gasteiger partial charge >= 0.3 is 0 Å². The van der Waals surface area contributed by atoms with Crippen LogP contribution in [-0.2, 0) is 6.54 Å². The molecule has 0 saturated carbocycles. The van der Waals surface area contributed by atoms with Gasteiger partial charge in [-0.2, -0.15) is 10.3 Å². The van der Waals surface area contributed by atoms with Gasteiger partial charge in [0.25, 0.3) is 5.95 Å². The number of anilines is 1. The van der Waals surface area contributed by atoms with Crippen LogP contribution in [0.2, 0.25) is 10.0 Å². The maximum Gasteiger partial charge on any atom is 0.283 e. The molecule has 0 amide bonds. The Kier molecular flexibility index (Phi) is 4.55. The molecule has 7 nitrogen and oxygen atoms in total. The lowest BCUT2D eigenvalue weighted by Gasteiger charge is -2.08. The lowest BCUT2D eigenvalue weighted by atomic mass is 10.2. The van der Waals surface area contributed by atoms with Gasteiger partial charge in [-0.15, -0.1) is 5.10 Å². The highest BCUT2D eigenvalue weighted by Gasteiger charge is 2.09. The molecule has 0 aliphatic heterocycles. The van der Waals surface area contributed by atoms with Crippen molar-refractivity contribution >= 4 is 46.3 Å². The zero-order valence-corrected chi connectivity index (χ0v) is 14.9. The van der Waals surface area contributed by atoms with E-state index < -0.39 is 0 Å². The number of hydrazone groups is 1. The molecule has 9 heteroatoms. The van der Waals surface area contributed by atoms with E-state index in [0.29, 0.717) is 22.5 Å². The van der Waals surface area contributed by atoms with Gasteiger partial charge in [-0.3, -0.25) is 0 Å². The second-order valence-corrected chi connectivity index (χ2v) is 6.41. The first kappa shape index (κ1) is 16.6. The number of rotatable bonds is 5. The van der Waals surface area contributed by atoms with Gasteiger partial charge in [0.2, 0.25) is 0 Å². The summed E-state index contributed by atoms with van der Waals surface area (Å²) in [5.74, 6) is 0.304. The van der Waals surface area contributed by atoms with Crippen molar-refractivity contribution in [2.75, 3.05) is 5.43 Å². The lowest BCUT2D eigenvalue weighted by Crippen LogP contribution is -1.98. The minimum atomic E-state index is 0.304. The predicted octanol–water partition coefficient (Wildman–Crippen LogP) is 3.96. The summed E-state index contributed by atoms with van der Waals surface area (Å²) in [5, 5.41) is 19.9. The van der Waals surface area contributed by atoms with E-state index in [-0.39, 0.29) is 0 Å². The number of halogens is 2. The molecule has 0 spiro atoms. The van der Waals surface area contributed by atoms with Crippen LogP contribution in [-0.4, -0.2) is 31.4 Å². The summed E-state index contributed by atoms with van der Waals surface area (Å²) in [6, 6.07) is 13.6. The van der Waals surface area contributed by atoms with Crippen LogP contribution in [0, 0.1) is 0 Å². The molecule has 4 aromatic rings. The van der Waals surface area contributed by atoms with Crippen LogP contribution < -0.4 is 5.43 Å². The molecule has 0 saturated heterocycles. The molecule has 130 valence electrons. The Labute approximate surface area is 158 Å². The number of para-hydroxylation sites is 1. The van der Waals surface area contributed by atoms with Gasteiger partial charge in [0.1, 0.15) is 0 Å². The normalized spacial score (nSPS) is 11.5. The van der Waals surface area contributed by atoms with Crippen molar-refractivity contribution in [3.05, 3.63) is 69.8 Å². The first-order valence-electron chi connectivity index (χ1n) is 7.75. The molecule has 2 N–H and O–H groups in total. The number of aromatic amines is 1. The Morgan fingerprint density at radius 2 is 2.08 bits per heavy atom. The molecule has 0 aliphatic rings. The third-order valence-electron chi connectivity index (χ3n) is 3.89. The maximum atomic E-state index is 6.32. The molecule has 2 heterocycles. The predicted molar refractivity (Wildman–Crippen MR) is 103 cm³/mol. The number of fused-ring (bicyclic) bond motifs is 1. The minimum absolute atomic E-state index is 0.304. The summed E-state index contributed by atoms with van der Waals surface area (Å²) in [5.41, 5.74) is 5.75. The Morgan fingerprint density at radius 1 is 1.19 bits per heavy atom. The van der Waals surface area contributed by atoms with Gasteiger partial charge in [-0.1, -0.05) is 52.6 Å². The number of hydrogen-bond acceptors (Lipinski definition) is 5. The molecular formula is C17H13Cl2N7. The molecule has 0 bridgehead atoms. The van der Waals surface area contributed by atoms with Crippen LogP contribution in [0.3, 0.4) is 0 Å². The summed E-state index contributed by atoms with van der Waals surface area (Å²) < 4.78 is 2.13. The van der Waals surface area contributed by atoms with Crippen LogP contribution >= 0.6 is 23.2 Å². The molecule has 26 heavy (non-hydrogen) atoms. The molecular weight excluding hydrogens is 373 g/mol. The summed E-state index contributed by atoms with van der Waals surface area (Å²) in [7, 11) is 0. The fourth-order valence-corrected chi connectivity index (χ4v) is 3.18. The fourth-order valence-electron chi connectivity index (χ4n) is 2.71. The standard InChI is InChI=1S/C17H13Cl2N7/c18-13-6-5-11(15(19)7-13)9-26-10-12(14-3-1-2-4-16(14)26)8-20-21-17-22-24-25-23-17/h1-8,10H,9H2,(H2,21,22,23,24,25)/b20-8-. The Balaban J connectivity index is 1.66. The van der Waals surface area contributed by atoms with Crippen LogP contribution in [0.15, 0.2) is 53.8 Å². The number of nitrogens with zero attached hydrogens (tertiary/aromatic N) is 5. The third kappa shape index (κ3) is 3.40. The summed E-state index contributed by atoms with van der Waals surface area (Å²) in [6.45, 7) is 0.628. The first-order valence-corrected chi connectivity index (χ1v) is 8.50. The molecule has 0 radical (unpaired) electrons. The van der Waals surface area contributed by atoms with Crippen LogP contribution in [0.4, 0.5) is 5.95 Å². The summed E-state index contributed by atoms with van der Waals surface area (Å²) in [6.07, 6.45) is 3.75. The highest BCUT2D eigenvalue weighted by atomic mass is 35.5. The number of nitrogens with one attached hydrogen (secondary N) is 2. The van der Waals surface area contributed by atoms with E-state index in [1.807, 2.05) is 36.5 Å². The molecule has 2 aromatic heterocycles. The van der Waals surface area contributed by atoms with E-state index in [1.54, 1.807) is 12.3 Å². The first-order chi connectivity index (χ1) is 12.7. The zero-order chi connectivity index (χ0) is 17.9. The molecule has 0 aliphatic carbocycles. The number of benzene rings is 2. The molecule has 0 atom stereocenters. The van der Waals surface area contributed by atoms with Crippen molar-refractivity contribution in [1.82, 2.24) is 25.2 Å². The van der Waals surface area contributed by atoms with Gasteiger partial charge < -0.3 is 4.57 Å². The van der Waals surface area contributed by atoms with Gasteiger partial charge in [-0.25, -0.2) is 5.43 Å². The molecule has 0 fully saturated rings. The highest BCUT2D eigenvalue weighted by Crippen LogP contribution is 2.25. The van der Waals surface area contributed by atoms with E-state index in [1.165, 1.54) is 0 Å². The summed E-state index contributed by atoms with van der Waals surface area (Å²) in [4.78, 5) is 0. The fraction of sp³-hybridized carbons (Fsp3) is 0.0588. The Bertz CT molecular complexity index is 1070. The largest absolute Gasteiger partial charge is 0.342 e. The number of hydrogen-bond donors (Lipinski definition) is 2. The van der Waals surface area contributed by atoms with Crippen molar-refractivity contribution < 1.29 is 0 Å². The van der Waals surface area contributed by atoms with E-state index in [9.17, 15) is 0 Å². The molecule has 4 rings (SSSR count). The average molecular weight is 386 g/mol. The average Bonchev–Trinajstić information content (AvgIpc) is 3.26. The van der Waals surface area contributed by atoms with Crippen molar-refractivity contribution in [3.8, 4) is 0 Å². The monoisotopic (exact) mass is 385 g/mol. The SMILES string of the molecule is Clc1ccc(Cn2cc(/C=N\Nc3nn[nH]n3)c3ccccc32)c(Cl)c1. The Hall–Kier alpha value is -2.90. The number of aromatic nitrogens is 5. The van der Waals surface area contributed by atoms with Crippen molar-refractivity contribution in [1.29, 1.82) is 0 Å². The van der Waals surface area contributed by atoms with Crippen LogP contribution in [0.25, 0.3) is 10.9 Å². The molecule has 2 aromatic carbocycles. The Morgan fingerprint density at radius 3 is 2.88 bits per heavy atom. The smallest absolute Gasteiger partial charge is 0.283 e. The quantitative estimate of drug-likeness (QED) is 0.402. The summed E-state index contributed by atoms with van der Waals surface area (Å²) >= 11 is 12.3. The lowest BCUT2D eigenvalue weighted by molar-refractivity contribution is 0.836. The van der Waals surface area contributed by atoms with Gasteiger partial charge in [0, 0.05) is 39.3 Å². The van der Waals surface area contributed by atoms with Crippen LogP contribution in [0.5, 0.6) is 0 Å². The van der Waals surface area contributed by atoms with E-state index in [0.717, 1.165) is 22.0 Å². The van der Waals surface area contributed by atoms with Crippen molar-refractivity contribution in [3.63, 3.8) is 0 Å². The van der Waals surface area contributed by atoms with E-state index in [2.05, 4.69) is 41.8 Å². The van der Waals surface area contributed by atoms with E-state index >= 15 is 0 Å². The zero-order valence-electron chi connectivity index (χ0n) is 13.4. The second-order valence-electron chi connectivity index (χ2n) is 5.57. The topological polar surface area (TPSA) is 83.8 Å². The highest BCUT2D eigenvalue weighted by molar-refractivity contribution is 6.35. The van der Waals surface area contributed by atoms with Gasteiger partial charge in [-0.05, 0) is 29.0 Å². The maximum absolute atomic E-state index is 6.32. The van der Waals surface area contributed by atoms with Crippen molar-refractivity contribution in [2.45, 2.75) is 6.54 Å². The number of H-pyrrole nitrogens is 1. The van der Waals surface area contributed by atoms with Gasteiger partial charge in [0.15, 0.2) is 0 Å². The van der Waals surface area contributed by atoms with Crippen molar-refractivity contribution in [2.24, 2.45) is 5.10 Å². The number of tetrazole rings is 1. The second kappa shape index (κ2) is 7.15. The van der Waals surface area contributed by atoms with E-state index in [4.69, 9.17) is 23.2 Å². The molecule has 0 unspecified atom stereocenters. The minimum Gasteiger partial charge on any atom is -0.342 e. The van der Waals surface area contributed by atoms with Gasteiger partial charge in [0.05, 0.1) is 6.21 Å². The van der Waals surface area contributed by atoms with Crippen LogP contribution in [0.1, 0.15) is 11.1 Å².